The largest absolute Gasteiger partial charge is 0.401 e. The third kappa shape index (κ3) is 6.05. The minimum atomic E-state index is -4.13. The van der Waals surface area contributed by atoms with Crippen molar-refractivity contribution in [3.05, 3.63) is 22.4 Å². The van der Waals surface area contributed by atoms with Crippen molar-refractivity contribution in [3.63, 3.8) is 0 Å². The van der Waals surface area contributed by atoms with Crippen LogP contribution in [0.4, 0.5) is 13.2 Å². The van der Waals surface area contributed by atoms with Gasteiger partial charge in [-0.3, -0.25) is 4.90 Å². The van der Waals surface area contributed by atoms with Gasteiger partial charge in [0, 0.05) is 24.0 Å². The van der Waals surface area contributed by atoms with Crippen molar-refractivity contribution in [1.29, 1.82) is 0 Å². The molecule has 1 aromatic rings. The standard InChI is InChI=1S/C11H17F3N2S/c1-9(6-15-8-11(12,13)14)16(2)7-10-4-3-5-17-10/h3-5,9,15H,6-8H2,1-2H3. The van der Waals surface area contributed by atoms with E-state index in [1.54, 1.807) is 11.3 Å². The lowest BCUT2D eigenvalue weighted by Crippen LogP contribution is -2.40. The van der Waals surface area contributed by atoms with Crippen LogP contribution in [0.5, 0.6) is 0 Å². The molecule has 1 aromatic heterocycles. The molecular weight excluding hydrogens is 249 g/mol. The molecule has 1 N–H and O–H groups in total. The first kappa shape index (κ1) is 14.5. The molecule has 0 saturated heterocycles. The average molecular weight is 266 g/mol. The maximum absolute atomic E-state index is 11.9. The predicted molar refractivity (Wildman–Crippen MR) is 64.2 cm³/mol. The van der Waals surface area contributed by atoms with Gasteiger partial charge in [0.15, 0.2) is 0 Å². The molecule has 0 bridgehead atoms. The van der Waals surface area contributed by atoms with Crippen molar-refractivity contribution >= 4 is 11.3 Å². The predicted octanol–water partition coefficient (Wildman–Crippen LogP) is 2.72. The van der Waals surface area contributed by atoms with Crippen molar-refractivity contribution in [1.82, 2.24) is 10.2 Å². The molecule has 98 valence electrons. The fourth-order valence-corrected chi connectivity index (χ4v) is 2.15. The van der Waals surface area contributed by atoms with E-state index in [0.717, 1.165) is 6.54 Å². The number of halogens is 3. The van der Waals surface area contributed by atoms with E-state index < -0.39 is 12.7 Å². The van der Waals surface area contributed by atoms with Gasteiger partial charge in [-0.1, -0.05) is 6.07 Å². The third-order valence-electron chi connectivity index (χ3n) is 2.50. The molecule has 0 radical (unpaired) electrons. The lowest BCUT2D eigenvalue weighted by atomic mass is 10.3. The van der Waals surface area contributed by atoms with Crippen LogP contribution in [-0.4, -0.2) is 37.3 Å². The van der Waals surface area contributed by atoms with Crippen molar-refractivity contribution in [2.24, 2.45) is 0 Å². The molecule has 1 rings (SSSR count). The highest BCUT2D eigenvalue weighted by molar-refractivity contribution is 7.09. The molecule has 2 nitrogen and oxygen atoms in total. The monoisotopic (exact) mass is 266 g/mol. The van der Waals surface area contributed by atoms with E-state index in [4.69, 9.17) is 0 Å². The minimum Gasteiger partial charge on any atom is -0.307 e. The van der Waals surface area contributed by atoms with Crippen LogP contribution in [0.2, 0.25) is 0 Å². The van der Waals surface area contributed by atoms with Crippen LogP contribution in [0, 0.1) is 0 Å². The summed E-state index contributed by atoms with van der Waals surface area (Å²) < 4.78 is 35.8. The van der Waals surface area contributed by atoms with Gasteiger partial charge in [0.05, 0.1) is 6.54 Å². The molecule has 0 spiro atoms. The zero-order valence-corrected chi connectivity index (χ0v) is 10.7. The minimum absolute atomic E-state index is 0.0689. The molecule has 0 aliphatic carbocycles. The second-order valence-corrected chi connectivity index (χ2v) is 5.12. The van der Waals surface area contributed by atoms with Crippen LogP contribution in [0.1, 0.15) is 11.8 Å². The highest BCUT2D eigenvalue weighted by atomic mass is 32.1. The van der Waals surface area contributed by atoms with Gasteiger partial charge in [0.25, 0.3) is 0 Å². The summed E-state index contributed by atoms with van der Waals surface area (Å²) in [6.45, 7) is 2.09. The topological polar surface area (TPSA) is 15.3 Å². The Morgan fingerprint density at radius 3 is 2.71 bits per heavy atom. The molecule has 0 saturated carbocycles. The summed E-state index contributed by atoms with van der Waals surface area (Å²) in [4.78, 5) is 3.25. The maximum atomic E-state index is 11.9. The van der Waals surface area contributed by atoms with E-state index in [9.17, 15) is 13.2 Å². The Bertz CT molecular complexity index is 311. The molecular formula is C11H17F3N2S. The van der Waals surface area contributed by atoms with Crippen molar-refractivity contribution in [3.8, 4) is 0 Å². The first-order valence-electron chi connectivity index (χ1n) is 5.38. The summed E-state index contributed by atoms with van der Waals surface area (Å²) in [6.07, 6.45) is -4.13. The van der Waals surface area contributed by atoms with Gasteiger partial charge < -0.3 is 5.32 Å². The van der Waals surface area contributed by atoms with E-state index in [0.29, 0.717) is 6.54 Å². The quantitative estimate of drug-likeness (QED) is 0.851. The number of rotatable bonds is 6. The lowest BCUT2D eigenvalue weighted by Gasteiger charge is -2.24. The summed E-state index contributed by atoms with van der Waals surface area (Å²) in [5, 5.41) is 4.42. The van der Waals surface area contributed by atoms with Crippen LogP contribution in [0.3, 0.4) is 0 Å². The molecule has 0 amide bonds. The van der Waals surface area contributed by atoms with Crippen LogP contribution in [-0.2, 0) is 6.54 Å². The van der Waals surface area contributed by atoms with Gasteiger partial charge in [-0.05, 0) is 25.4 Å². The molecule has 0 aromatic carbocycles. The second kappa shape index (κ2) is 6.37. The van der Waals surface area contributed by atoms with E-state index in [1.165, 1.54) is 4.88 Å². The summed E-state index contributed by atoms with van der Waals surface area (Å²) in [5.74, 6) is 0. The number of alkyl halides is 3. The lowest BCUT2D eigenvalue weighted by molar-refractivity contribution is -0.125. The molecule has 1 unspecified atom stereocenters. The molecule has 0 fully saturated rings. The van der Waals surface area contributed by atoms with E-state index in [2.05, 4.69) is 5.32 Å². The van der Waals surface area contributed by atoms with Crippen LogP contribution < -0.4 is 5.32 Å². The van der Waals surface area contributed by atoms with Crippen LogP contribution in [0.25, 0.3) is 0 Å². The van der Waals surface area contributed by atoms with E-state index in [-0.39, 0.29) is 6.04 Å². The van der Waals surface area contributed by atoms with E-state index in [1.807, 2.05) is 36.4 Å². The Morgan fingerprint density at radius 2 is 2.18 bits per heavy atom. The van der Waals surface area contributed by atoms with Crippen molar-refractivity contribution in [2.45, 2.75) is 25.7 Å². The summed E-state index contributed by atoms with van der Waals surface area (Å²) in [5.41, 5.74) is 0. The first-order valence-corrected chi connectivity index (χ1v) is 6.26. The zero-order chi connectivity index (χ0) is 12.9. The fraction of sp³-hybridized carbons (Fsp3) is 0.636. The average Bonchev–Trinajstić information content (AvgIpc) is 2.68. The van der Waals surface area contributed by atoms with Crippen molar-refractivity contribution in [2.75, 3.05) is 20.1 Å². The van der Waals surface area contributed by atoms with Crippen LogP contribution >= 0.6 is 11.3 Å². The Labute approximate surface area is 103 Å². The fourth-order valence-electron chi connectivity index (χ4n) is 1.38. The Hall–Kier alpha value is -0.590. The molecule has 6 heteroatoms. The number of hydrogen-bond donors (Lipinski definition) is 1. The van der Waals surface area contributed by atoms with Crippen molar-refractivity contribution < 1.29 is 13.2 Å². The molecule has 1 heterocycles. The SMILES string of the molecule is CC(CNCC(F)(F)F)N(C)Cc1cccs1. The highest BCUT2D eigenvalue weighted by Crippen LogP contribution is 2.13. The van der Waals surface area contributed by atoms with E-state index >= 15 is 0 Å². The number of hydrogen-bond acceptors (Lipinski definition) is 3. The number of nitrogens with zero attached hydrogens (tertiary/aromatic N) is 1. The number of likely N-dealkylation sites (N-methyl/N-ethyl adjacent to an activating group) is 1. The van der Waals surface area contributed by atoms with Crippen LogP contribution in [0.15, 0.2) is 17.5 Å². The number of thiophene rings is 1. The zero-order valence-electron chi connectivity index (χ0n) is 9.92. The van der Waals surface area contributed by atoms with Gasteiger partial charge in [0.1, 0.15) is 0 Å². The molecule has 0 aliphatic heterocycles. The Morgan fingerprint density at radius 1 is 1.47 bits per heavy atom. The molecule has 1 atom stereocenters. The second-order valence-electron chi connectivity index (χ2n) is 4.09. The Kier molecular flexibility index (Phi) is 5.42. The van der Waals surface area contributed by atoms with Gasteiger partial charge in [-0.2, -0.15) is 13.2 Å². The van der Waals surface area contributed by atoms with Gasteiger partial charge in [0.2, 0.25) is 0 Å². The van der Waals surface area contributed by atoms with Gasteiger partial charge in [-0.15, -0.1) is 11.3 Å². The summed E-state index contributed by atoms with van der Waals surface area (Å²) in [7, 11) is 1.92. The van der Waals surface area contributed by atoms with Gasteiger partial charge in [-0.25, -0.2) is 0 Å². The Balaban J connectivity index is 2.25. The number of nitrogens with one attached hydrogen (secondary N) is 1. The third-order valence-corrected chi connectivity index (χ3v) is 3.36. The highest BCUT2D eigenvalue weighted by Gasteiger charge is 2.26. The smallest absolute Gasteiger partial charge is 0.307 e. The summed E-state index contributed by atoms with van der Waals surface area (Å²) >= 11 is 1.65. The summed E-state index contributed by atoms with van der Waals surface area (Å²) in [6, 6.07) is 4.07. The maximum Gasteiger partial charge on any atom is 0.401 e. The molecule has 17 heavy (non-hydrogen) atoms. The first-order chi connectivity index (χ1) is 7.88. The van der Waals surface area contributed by atoms with Gasteiger partial charge >= 0.3 is 6.18 Å². The normalized spacial score (nSPS) is 14.2. The molecule has 0 aliphatic rings.